The molecule has 104 valence electrons. The minimum Gasteiger partial charge on any atom is -0.316 e. The quantitative estimate of drug-likeness (QED) is 0.404. The lowest BCUT2D eigenvalue weighted by molar-refractivity contribution is 1.07. The van der Waals surface area contributed by atoms with Gasteiger partial charge in [-0.25, -0.2) is 0 Å². The summed E-state index contributed by atoms with van der Waals surface area (Å²) in [5, 5.41) is 0.736. The van der Waals surface area contributed by atoms with Crippen LogP contribution in [0.15, 0.2) is 71.9 Å². The van der Waals surface area contributed by atoms with E-state index in [1.807, 2.05) is 73.1 Å². The average molecular weight is 407 g/mol. The van der Waals surface area contributed by atoms with Crippen molar-refractivity contribution in [3.8, 4) is 5.69 Å². The summed E-state index contributed by atoms with van der Waals surface area (Å²) in [6.07, 6.45) is 3.88. The van der Waals surface area contributed by atoms with Gasteiger partial charge in [0.25, 0.3) is 0 Å². The van der Waals surface area contributed by atoms with E-state index in [2.05, 4.69) is 32.2 Å². The van der Waals surface area contributed by atoms with Gasteiger partial charge >= 0.3 is 0 Å². The SMILES string of the molecule is Clc1ccc(-n2cccc2C=Nc2ccc(I)cc2)cc1. The molecule has 0 aliphatic heterocycles. The van der Waals surface area contributed by atoms with Crippen molar-refractivity contribution in [3.63, 3.8) is 0 Å². The van der Waals surface area contributed by atoms with E-state index in [4.69, 9.17) is 11.6 Å². The maximum atomic E-state index is 5.93. The Morgan fingerprint density at radius 3 is 2.38 bits per heavy atom. The number of aromatic nitrogens is 1. The maximum Gasteiger partial charge on any atom is 0.0639 e. The number of aliphatic imine (C=N–C) groups is 1. The molecule has 2 nitrogen and oxygen atoms in total. The van der Waals surface area contributed by atoms with Gasteiger partial charge in [-0.1, -0.05) is 11.6 Å². The van der Waals surface area contributed by atoms with E-state index in [1.54, 1.807) is 0 Å². The van der Waals surface area contributed by atoms with Crippen LogP contribution in [-0.2, 0) is 0 Å². The molecule has 3 aromatic rings. The number of nitrogens with zero attached hydrogens (tertiary/aromatic N) is 2. The molecular formula is C17H12ClIN2. The zero-order valence-corrected chi connectivity index (χ0v) is 14.0. The van der Waals surface area contributed by atoms with Crippen LogP contribution in [0.3, 0.4) is 0 Å². The molecule has 0 saturated carbocycles. The number of hydrogen-bond acceptors (Lipinski definition) is 1. The first-order valence-corrected chi connectivity index (χ1v) is 7.91. The molecule has 21 heavy (non-hydrogen) atoms. The summed E-state index contributed by atoms with van der Waals surface area (Å²) in [7, 11) is 0. The second-order valence-corrected chi connectivity index (χ2v) is 6.20. The molecule has 0 unspecified atom stereocenters. The zero-order chi connectivity index (χ0) is 14.7. The van der Waals surface area contributed by atoms with E-state index in [0.717, 1.165) is 22.1 Å². The first-order valence-electron chi connectivity index (χ1n) is 6.45. The lowest BCUT2D eigenvalue weighted by Crippen LogP contribution is -1.97. The van der Waals surface area contributed by atoms with Crippen LogP contribution in [0, 0.1) is 3.57 Å². The van der Waals surface area contributed by atoms with Crippen molar-refractivity contribution in [1.82, 2.24) is 4.57 Å². The van der Waals surface area contributed by atoms with Crippen molar-refractivity contribution in [2.24, 2.45) is 4.99 Å². The van der Waals surface area contributed by atoms with Crippen LogP contribution in [0.1, 0.15) is 5.69 Å². The Bertz CT molecular complexity index is 758. The van der Waals surface area contributed by atoms with E-state index in [9.17, 15) is 0 Å². The molecule has 2 aromatic carbocycles. The Balaban J connectivity index is 1.88. The van der Waals surface area contributed by atoms with Gasteiger partial charge in [0.05, 0.1) is 17.6 Å². The standard InChI is InChI=1S/C17H12ClIN2/c18-13-3-9-16(10-4-13)21-11-1-2-17(21)12-20-15-7-5-14(19)6-8-15/h1-12H. The fraction of sp³-hybridized carbons (Fsp3) is 0. The van der Waals surface area contributed by atoms with E-state index in [1.165, 1.54) is 3.57 Å². The summed E-state index contributed by atoms with van der Waals surface area (Å²) in [4.78, 5) is 4.52. The van der Waals surface area contributed by atoms with Gasteiger partial charge in [0.15, 0.2) is 0 Å². The van der Waals surface area contributed by atoms with Crippen molar-refractivity contribution >= 4 is 46.1 Å². The molecule has 0 aliphatic rings. The fourth-order valence-corrected chi connectivity index (χ4v) is 2.49. The summed E-state index contributed by atoms with van der Waals surface area (Å²) in [5.74, 6) is 0. The van der Waals surface area contributed by atoms with Gasteiger partial charge in [-0.15, -0.1) is 0 Å². The molecule has 0 saturated heterocycles. The first-order chi connectivity index (χ1) is 10.2. The molecule has 0 radical (unpaired) electrons. The van der Waals surface area contributed by atoms with Crippen LogP contribution in [0.5, 0.6) is 0 Å². The van der Waals surface area contributed by atoms with Crippen molar-refractivity contribution < 1.29 is 0 Å². The van der Waals surface area contributed by atoms with Crippen LogP contribution < -0.4 is 0 Å². The summed E-state index contributed by atoms with van der Waals surface area (Å²) in [6, 6.07) is 19.9. The van der Waals surface area contributed by atoms with Crippen LogP contribution in [0.2, 0.25) is 5.02 Å². The molecule has 1 heterocycles. The lowest BCUT2D eigenvalue weighted by atomic mass is 10.3. The van der Waals surface area contributed by atoms with Gasteiger partial charge in [0, 0.05) is 20.5 Å². The number of hydrogen-bond donors (Lipinski definition) is 0. The third kappa shape index (κ3) is 3.54. The van der Waals surface area contributed by atoms with Crippen molar-refractivity contribution in [3.05, 3.63) is 81.1 Å². The van der Waals surface area contributed by atoms with E-state index >= 15 is 0 Å². The zero-order valence-electron chi connectivity index (χ0n) is 11.1. The van der Waals surface area contributed by atoms with Gasteiger partial charge < -0.3 is 4.57 Å². The molecule has 0 N–H and O–H groups in total. The second kappa shape index (κ2) is 6.45. The monoisotopic (exact) mass is 406 g/mol. The normalized spacial score (nSPS) is 11.1. The van der Waals surface area contributed by atoms with Gasteiger partial charge in [0.2, 0.25) is 0 Å². The molecule has 4 heteroatoms. The molecule has 0 fully saturated rings. The molecule has 0 bridgehead atoms. The summed E-state index contributed by atoms with van der Waals surface area (Å²) < 4.78 is 3.28. The Kier molecular flexibility index (Phi) is 4.41. The van der Waals surface area contributed by atoms with Crippen molar-refractivity contribution in [1.29, 1.82) is 0 Å². The Morgan fingerprint density at radius 1 is 0.952 bits per heavy atom. The summed E-state index contributed by atoms with van der Waals surface area (Å²) in [5.41, 5.74) is 3.03. The lowest BCUT2D eigenvalue weighted by Gasteiger charge is -2.06. The fourth-order valence-electron chi connectivity index (χ4n) is 2.00. The molecule has 0 amide bonds. The highest BCUT2D eigenvalue weighted by atomic mass is 127. The third-order valence-corrected chi connectivity index (χ3v) is 4.03. The third-order valence-electron chi connectivity index (χ3n) is 3.06. The van der Waals surface area contributed by atoms with Crippen LogP contribution in [0.4, 0.5) is 5.69 Å². The highest BCUT2D eigenvalue weighted by Gasteiger charge is 2.01. The van der Waals surface area contributed by atoms with E-state index in [0.29, 0.717) is 0 Å². The predicted molar refractivity (Wildman–Crippen MR) is 97.2 cm³/mol. The van der Waals surface area contributed by atoms with Crippen molar-refractivity contribution in [2.75, 3.05) is 0 Å². The molecule has 0 spiro atoms. The molecule has 0 atom stereocenters. The van der Waals surface area contributed by atoms with E-state index < -0.39 is 0 Å². The van der Waals surface area contributed by atoms with Crippen molar-refractivity contribution in [2.45, 2.75) is 0 Å². The van der Waals surface area contributed by atoms with Gasteiger partial charge in [-0.05, 0) is 83.3 Å². The van der Waals surface area contributed by atoms with Gasteiger partial charge in [-0.3, -0.25) is 4.99 Å². The minimum absolute atomic E-state index is 0.736. The minimum atomic E-state index is 0.736. The predicted octanol–water partition coefficient (Wildman–Crippen LogP) is 5.49. The first kappa shape index (κ1) is 14.4. The number of benzene rings is 2. The highest BCUT2D eigenvalue weighted by Crippen LogP contribution is 2.17. The highest BCUT2D eigenvalue weighted by molar-refractivity contribution is 14.1. The average Bonchev–Trinajstić information content (AvgIpc) is 2.96. The Morgan fingerprint density at radius 2 is 1.67 bits per heavy atom. The molecule has 0 aliphatic carbocycles. The molecular weight excluding hydrogens is 395 g/mol. The van der Waals surface area contributed by atoms with Gasteiger partial charge in [-0.2, -0.15) is 0 Å². The van der Waals surface area contributed by atoms with Crippen LogP contribution >= 0.6 is 34.2 Å². The Labute approximate surface area is 142 Å². The molecule has 3 rings (SSSR count). The number of rotatable bonds is 3. The van der Waals surface area contributed by atoms with Crippen LogP contribution in [0.25, 0.3) is 5.69 Å². The topological polar surface area (TPSA) is 17.3 Å². The largest absolute Gasteiger partial charge is 0.316 e. The summed E-state index contributed by atoms with van der Waals surface area (Å²) >= 11 is 8.21. The van der Waals surface area contributed by atoms with Crippen LogP contribution in [-0.4, -0.2) is 10.8 Å². The summed E-state index contributed by atoms with van der Waals surface area (Å²) in [6.45, 7) is 0. The smallest absolute Gasteiger partial charge is 0.0639 e. The number of halogens is 2. The maximum absolute atomic E-state index is 5.93. The second-order valence-electron chi connectivity index (χ2n) is 4.51. The van der Waals surface area contributed by atoms with Gasteiger partial charge in [0.1, 0.15) is 0 Å². The Hall–Kier alpha value is -1.59. The van der Waals surface area contributed by atoms with E-state index in [-0.39, 0.29) is 0 Å². The molecule has 1 aromatic heterocycles.